The molecule has 4 nitrogen and oxygen atoms in total. The normalized spacial score (nSPS) is 31.5. The molecule has 0 aromatic heterocycles. The highest BCUT2D eigenvalue weighted by Crippen LogP contribution is 2.29. The van der Waals surface area contributed by atoms with Crippen LogP contribution in [0.4, 0.5) is 0 Å². The lowest BCUT2D eigenvalue weighted by atomic mass is 9.72. The minimum absolute atomic E-state index is 0.0811. The summed E-state index contributed by atoms with van der Waals surface area (Å²) < 4.78 is 5.39. The molecule has 2 unspecified atom stereocenters. The van der Waals surface area contributed by atoms with Gasteiger partial charge < -0.3 is 15.0 Å². The molecule has 2 atom stereocenters. The first kappa shape index (κ1) is 11.0. The number of nitrogens with one attached hydrogen (secondary N) is 1. The molecule has 1 saturated carbocycles. The van der Waals surface area contributed by atoms with Gasteiger partial charge in [-0.1, -0.05) is 6.92 Å². The Morgan fingerprint density at radius 1 is 1.47 bits per heavy atom. The van der Waals surface area contributed by atoms with Gasteiger partial charge in [-0.3, -0.25) is 4.79 Å². The zero-order chi connectivity index (χ0) is 10.8. The summed E-state index contributed by atoms with van der Waals surface area (Å²) in [4.78, 5) is 11.5. The third-order valence-electron chi connectivity index (χ3n) is 3.21. The maximum atomic E-state index is 11.5. The van der Waals surface area contributed by atoms with Gasteiger partial charge in [0.05, 0.1) is 5.94 Å². The van der Waals surface area contributed by atoms with Crippen LogP contribution in [0.3, 0.4) is 0 Å². The van der Waals surface area contributed by atoms with Gasteiger partial charge >= 0.3 is 7.12 Å². The van der Waals surface area contributed by atoms with Crippen molar-refractivity contribution in [1.29, 1.82) is 0 Å². The molecule has 0 bridgehead atoms. The predicted octanol–water partition coefficient (Wildman–Crippen LogP) is 0.490. The van der Waals surface area contributed by atoms with E-state index in [2.05, 4.69) is 5.32 Å². The van der Waals surface area contributed by atoms with Gasteiger partial charge in [-0.25, -0.2) is 0 Å². The van der Waals surface area contributed by atoms with Crippen molar-refractivity contribution in [3.05, 3.63) is 0 Å². The van der Waals surface area contributed by atoms with E-state index >= 15 is 0 Å². The van der Waals surface area contributed by atoms with E-state index in [1.807, 2.05) is 6.92 Å². The minimum atomic E-state index is -0.827. The molecule has 1 aliphatic carbocycles. The largest absolute Gasteiger partial charge is 0.478 e. The van der Waals surface area contributed by atoms with Gasteiger partial charge in [0.25, 0.3) is 0 Å². The quantitative estimate of drug-likeness (QED) is 0.668. The number of hydrogen-bond acceptors (Lipinski definition) is 3. The summed E-state index contributed by atoms with van der Waals surface area (Å²) in [6.07, 6.45) is 4.79. The maximum Gasteiger partial charge on any atom is 0.478 e. The molecule has 1 heterocycles. The average Bonchev–Trinajstić information content (AvgIpc) is 3.04. The first-order valence-electron chi connectivity index (χ1n) is 5.84. The monoisotopic (exact) mass is 211 g/mol. The predicted molar refractivity (Wildman–Crippen MR) is 57.0 cm³/mol. The van der Waals surface area contributed by atoms with Gasteiger partial charge in [0.1, 0.15) is 0 Å². The van der Waals surface area contributed by atoms with Crippen LogP contribution in [-0.2, 0) is 9.45 Å². The molecule has 2 N–H and O–H groups in total. The van der Waals surface area contributed by atoms with Crippen molar-refractivity contribution in [2.75, 3.05) is 0 Å². The number of carbonyl (C=O) groups is 1. The summed E-state index contributed by atoms with van der Waals surface area (Å²) in [6, 6.07) is 0. The Hall–Kier alpha value is -0.545. The molecule has 84 valence electrons. The molecule has 0 spiro atoms. The van der Waals surface area contributed by atoms with Gasteiger partial charge in [0.2, 0.25) is 5.91 Å². The molecule has 2 rings (SSSR count). The number of amides is 1. The summed E-state index contributed by atoms with van der Waals surface area (Å²) in [5.74, 6) is 0.0691. The van der Waals surface area contributed by atoms with Crippen LogP contribution in [0, 0.1) is 5.92 Å². The molecule has 0 radical (unpaired) electrons. The first-order chi connectivity index (χ1) is 7.20. The van der Waals surface area contributed by atoms with Gasteiger partial charge in [0, 0.05) is 12.0 Å². The third kappa shape index (κ3) is 2.72. The second kappa shape index (κ2) is 4.53. The van der Waals surface area contributed by atoms with Gasteiger partial charge in [-0.05, 0) is 32.1 Å². The lowest BCUT2D eigenvalue weighted by Gasteiger charge is -2.31. The smallest absolute Gasteiger partial charge is 0.426 e. The maximum absolute atomic E-state index is 11.5. The van der Waals surface area contributed by atoms with Crippen LogP contribution in [0.5, 0.6) is 0 Å². The fourth-order valence-corrected chi connectivity index (χ4v) is 1.96. The van der Waals surface area contributed by atoms with Crippen molar-refractivity contribution in [2.24, 2.45) is 5.92 Å². The second-order valence-electron chi connectivity index (χ2n) is 4.52. The van der Waals surface area contributed by atoms with Crippen LogP contribution in [0.15, 0.2) is 0 Å². The van der Waals surface area contributed by atoms with Gasteiger partial charge in [-0.2, -0.15) is 0 Å². The lowest BCUT2D eigenvalue weighted by Crippen LogP contribution is -2.52. The van der Waals surface area contributed by atoms with E-state index in [1.165, 1.54) is 0 Å². The number of rotatable bonds is 3. The highest BCUT2D eigenvalue weighted by Gasteiger charge is 2.38. The zero-order valence-electron chi connectivity index (χ0n) is 9.11. The van der Waals surface area contributed by atoms with Crippen LogP contribution in [-0.4, -0.2) is 30.1 Å². The third-order valence-corrected chi connectivity index (χ3v) is 3.21. The van der Waals surface area contributed by atoms with Gasteiger partial charge in [0.15, 0.2) is 0 Å². The first-order valence-corrected chi connectivity index (χ1v) is 5.84. The van der Waals surface area contributed by atoms with Gasteiger partial charge in [-0.15, -0.1) is 0 Å². The standard InChI is InChI=1S/C10H18BNO3/c1-2-8-5-6-9(11(14)15-8)12-10(13)7-3-4-7/h7-9,14H,2-6H2,1H3,(H,12,13). The molecule has 15 heavy (non-hydrogen) atoms. The van der Waals surface area contributed by atoms with Crippen LogP contribution in [0.2, 0.25) is 0 Å². The highest BCUT2D eigenvalue weighted by molar-refractivity contribution is 6.45. The molecule has 2 fully saturated rings. The number of hydrogen-bond donors (Lipinski definition) is 2. The highest BCUT2D eigenvalue weighted by atomic mass is 16.5. The fourth-order valence-electron chi connectivity index (χ4n) is 1.96. The van der Waals surface area contributed by atoms with Crippen molar-refractivity contribution >= 4 is 13.0 Å². The van der Waals surface area contributed by atoms with Crippen LogP contribution < -0.4 is 5.32 Å². The Balaban J connectivity index is 1.80. The van der Waals surface area contributed by atoms with E-state index in [-0.39, 0.29) is 23.9 Å². The van der Waals surface area contributed by atoms with E-state index in [9.17, 15) is 9.82 Å². The van der Waals surface area contributed by atoms with E-state index in [1.54, 1.807) is 0 Å². The van der Waals surface area contributed by atoms with E-state index in [4.69, 9.17) is 4.65 Å². The average molecular weight is 211 g/mol. The summed E-state index contributed by atoms with van der Waals surface area (Å²) in [7, 11) is -0.827. The van der Waals surface area contributed by atoms with E-state index in [0.29, 0.717) is 0 Å². The molecule has 2 aliphatic rings. The lowest BCUT2D eigenvalue weighted by molar-refractivity contribution is -0.123. The fraction of sp³-hybridized carbons (Fsp3) is 0.900. The van der Waals surface area contributed by atoms with Crippen molar-refractivity contribution in [3.8, 4) is 0 Å². The van der Waals surface area contributed by atoms with Crippen molar-refractivity contribution < 1.29 is 14.5 Å². The van der Waals surface area contributed by atoms with Crippen molar-refractivity contribution in [1.82, 2.24) is 5.32 Å². The molecular formula is C10H18BNO3. The number of carbonyl (C=O) groups excluding carboxylic acids is 1. The summed E-state index contributed by atoms with van der Waals surface area (Å²) in [5.41, 5.74) is 0. The molecular weight excluding hydrogens is 193 g/mol. The molecule has 5 heteroatoms. The SMILES string of the molecule is CCC1CCC(NC(=O)C2CC2)B(O)O1. The second-order valence-corrected chi connectivity index (χ2v) is 4.52. The minimum Gasteiger partial charge on any atom is -0.426 e. The Labute approximate surface area is 90.5 Å². The molecule has 1 aliphatic heterocycles. The molecule has 1 amide bonds. The Bertz CT molecular complexity index is 245. The van der Waals surface area contributed by atoms with Crippen LogP contribution >= 0.6 is 0 Å². The Morgan fingerprint density at radius 3 is 2.73 bits per heavy atom. The van der Waals surface area contributed by atoms with Crippen LogP contribution in [0.25, 0.3) is 0 Å². The van der Waals surface area contributed by atoms with Crippen molar-refractivity contribution in [3.63, 3.8) is 0 Å². The molecule has 0 aromatic rings. The zero-order valence-corrected chi connectivity index (χ0v) is 9.11. The summed E-state index contributed by atoms with van der Waals surface area (Å²) in [6.45, 7) is 2.04. The van der Waals surface area contributed by atoms with Crippen molar-refractivity contribution in [2.45, 2.75) is 51.1 Å². The summed E-state index contributed by atoms with van der Waals surface area (Å²) >= 11 is 0. The summed E-state index contributed by atoms with van der Waals surface area (Å²) in [5, 5.41) is 12.5. The van der Waals surface area contributed by atoms with E-state index < -0.39 is 7.12 Å². The topological polar surface area (TPSA) is 58.6 Å². The Morgan fingerprint density at radius 2 is 2.20 bits per heavy atom. The Kier molecular flexibility index (Phi) is 3.31. The molecule has 1 saturated heterocycles. The van der Waals surface area contributed by atoms with E-state index in [0.717, 1.165) is 32.1 Å². The van der Waals surface area contributed by atoms with Crippen LogP contribution in [0.1, 0.15) is 39.0 Å². The molecule has 0 aromatic carbocycles.